The van der Waals surface area contributed by atoms with Crippen LogP contribution in [-0.2, 0) is 10.3 Å². The lowest BCUT2D eigenvalue weighted by Gasteiger charge is -2.44. The number of halogens is 2. The van der Waals surface area contributed by atoms with E-state index in [0.29, 0.717) is 34.0 Å². The van der Waals surface area contributed by atoms with Crippen LogP contribution in [0.3, 0.4) is 0 Å². The molecule has 1 atom stereocenters. The second-order valence-corrected chi connectivity index (χ2v) is 7.19. The number of likely N-dealkylation sites (N-methyl/N-ethyl adjacent to an activating group) is 1. The summed E-state index contributed by atoms with van der Waals surface area (Å²) in [5, 5.41) is 1.07. The quantitative estimate of drug-likeness (QED) is 0.747. The van der Waals surface area contributed by atoms with E-state index in [1.807, 2.05) is 18.2 Å². The first-order chi connectivity index (χ1) is 12.0. The molecule has 0 spiro atoms. The van der Waals surface area contributed by atoms with E-state index in [2.05, 4.69) is 0 Å². The number of Topliss-reactive ketones (excluding diaryl/α,β-unsaturated/α-hetero) is 1. The van der Waals surface area contributed by atoms with Crippen LogP contribution in [0, 0.1) is 0 Å². The number of hydrogen-bond acceptors (Lipinski definition) is 2. The fourth-order valence-corrected chi connectivity index (χ4v) is 4.01. The van der Waals surface area contributed by atoms with E-state index in [1.54, 1.807) is 42.3 Å². The van der Waals surface area contributed by atoms with E-state index in [4.69, 9.17) is 23.2 Å². The number of rotatable bonds is 3. The summed E-state index contributed by atoms with van der Waals surface area (Å²) in [7, 11) is 1.68. The smallest absolute Gasteiger partial charge is 0.254 e. The average molecular weight is 376 g/mol. The van der Waals surface area contributed by atoms with Crippen molar-refractivity contribution in [1.82, 2.24) is 4.90 Å². The Labute approximate surface area is 157 Å². The van der Waals surface area contributed by atoms with Crippen LogP contribution in [-0.4, -0.2) is 23.6 Å². The average Bonchev–Trinajstić information content (AvgIpc) is 2.62. The van der Waals surface area contributed by atoms with Crippen molar-refractivity contribution in [2.75, 3.05) is 7.05 Å². The molecule has 1 aliphatic carbocycles. The van der Waals surface area contributed by atoms with Gasteiger partial charge in [0.25, 0.3) is 5.91 Å². The number of amides is 1. The first-order valence-electron chi connectivity index (χ1n) is 8.29. The van der Waals surface area contributed by atoms with E-state index < -0.39 is 5.54 Å². The lowest BCUT2D eigenvalue weighted by molar-refractivity contribution is -0.132. The summed E-state index contributed by atoms with van der Waals surface area (Å²) in [6, 6.07) is 14.0. The van der Waals surface area contributed by atoms with E-state index in [0.717, 1.165) is 12.8 Å². The molecule has 0 saturated heterocycles. The van der Waals surface area contributed by atoms with Crippen LogP contribution in [0.15, 0.2) is 48.5 Å². The third-order valence-electron chi connectivity index (χ3n) is 4.94. The summed E-state index contributed by atoms with van der Waals surface area (Å²) >= 11 is 12.3. The fourth-order valence-electron chi connectivity index (χ4n) is 3.59. The molecule has 3 rings (SSSR count). The topological polar surface area (TPSA) is 37.4 Å². The van der Waals surface area contributed by atoms with Crippen molar-refractivity contribution in [3.63, 3.8) is 0 Å². The predicted octanol–water partition coefficient (Wildman–Crippen LogP) is 5.10. The summed E-state index contributed by atoms with van der Waals surface area (Å²) < 4.78 is 0. The largest absolute Gasteiger partial charge is 0.325 e. The van der Waals surface area contributed by atoms with E-state index in [-0.39, 0.29) is 11.7 Å². The Morgan fingerprint density at radius 2 is 1.72 bits per heavy atom. The van der Waals surface area contributed by atoms with Crippen molar-refractivity contribution in [2.45, 2.75) is 31.2 Å². The molecule has 0 N–H and O–H groups in total. The maximum Gasteiger partial charge on any atom is 0.254 e. The Morgan fingerprint density at radius 1 is 1.04 bits per heavy atom. The molecule has 3 nitrogen and oxygen atoms in total. The Kier molecular flexibility index (Phi) is 5.16. The molecule has 5 heteroatoms. The molecule has 0 aromatic heterocycles. The van der Waals surface area contributed by atoms with Gasteiger partial charge in [-0.1, -0.05) is 41.4 Å². The standard InChI is InChI=1S/C20H19Cl2NO2/c1-23(19(25)14-9-11-15(21)12-10-14)20(13-5-4-8-18(20)24)16-6-2-3-7-17(16)22/h2-3,6-7,9-12H,4-5,8,13H2,1H3. The summed E-state index contributed by atoms with van der Waals surface area (Å²) in [5.74, 6) is -0.177. The van der Waals surface area contributed by atoms with Crippen molar-refractivity contribution in [3.8, 4) is 0 Å². The van der Waals surface area contributed by atoms with Crippen molar-refractivity contribution in [3.05, 3.63) is 69.7 Å². The summed E-state index contributed by atoms with van der Waals surface area (Å²) in [6.45, 7) is 0. The van der Waals surface area contributed by atoms with Gasteiger partial charge in [0.1, 0.15) is 5.54 Å². The highest BCUT2D eigenvalue weighted by atomic mass is 35.5. The van der Waals surface area contributed by atoms with Gasteiger partial charge in [-0.05, 0) is 49.6 Å². The number of ketones is 1. The van der Waals surface area contributed by atoms with Crippen LogP contribution in [0.2, 0.25) is 10.0 Å². The van der Waals surface area contributed by atoms with Crippen molar-refractivity contribution in [2.24, 2.45) is 0 Å². The highest BCUT2D eigenvalue weighted by Gasteiger charge is 2.48. The number of nitrogens with zero attached hydrogens (tertiary/aromatic N) is 1. The van der Waals surface area contributed by atoms with Crippen LogP contribution in [0.5, 0.6) is 0 Å². The minimum atomic E-state index is -1.02. The molecule has 25 heavy (non-hydrogen) atoms. The molecule has 1 amide bonds. The first kappa shape index (κ1) is 18.0. The van der Waals surface area contributed by atoms with E-state index in [1.165, 1.54) is 0 Å². The Balaban J connectivity index is 2.08. The van der Waals surface area contributed by atoms with Gasteiger partial charge in [-0.15, -0.1) is 0 Å². The molecule has 2 aromatic carbocycles. The maximum atomic E-state index is 13.1. The predicted molar refractivity (Wildman–Crippen MR) is 100 cm³/mol. The fraction of sp³-hybridized carbons (Fsp3) is 0.300. The zero-order valence-electron chi connectivity index (χ0n) is 14.0. The highest BCUT2D eigenvalue weighted by molar-refractivity contribution is 6.32. The lowest BCUT2D eigenvalue weighted by Crippen LogP contribution is -2.54. The zero-order valence-corrected chi connectivity index (χ0v) is 15.5. The van der Waals surface area contributed by atoms with E-state index >= 15 is 0 Å². The highest BCUT2D eigenvalue weighted by Crippen LogP contribution is 2.42. The van der Waals surface area contributed by atoms with Gasteiger partial charge >= 0.3 is 0 Å². The van der Waals surface area contributed by atoms with Crippen LogP contribution >= 0.6 is 23.2 Å². The molecule has 0 heterocycles. The van der Waals surface area contributed by atoms with Crippen molar-refractivity contribution >= 4 is 34.9 Å². The minimum Gasteiger partial charge on any atom is -0.325 e. The lowest BCUT2D eigenvalue weighted by atomic mass is 9.74. The van der Waals surface area contributed by atoms with Gasteiger partial charge in [-0.25, -0.2) is 0 Å². The second-order valence-electron chi connectivity index (χ2n) is 6.34. The maximum absolute atomic E-state index is 13.1. The summed E-state index contributed by atoms with van der Waals surface area (Å²) in [6.07, 6.45) is 2.73. The van der Waals surface area contributed by atoms with Gasteiger partial charge in [0.2, 0.25) is 0 Å². The molecule has 0 radical (unpaired) electrons. The molecule has 1 unspecified atom stereocenters. The Bertz CT molecular complexity index is 804. The van der Waals surface area contributed by atoms with Crippen LogP contribution < -0.4 is 0 Å². The molecule has 2 aromatic rings. The van der Waals surface area contributed by atoms with Crippen LogP contribution in [0.4, 0.5) is 0 Å². The van der Waals surface area contributed by atoms with Gasteiger partial charge in [0.05, 0.1) is 0 Å². The Morgan fingerprint density at radius 3 is 2.36 bits per heavy atom. The number of carbonyl (C=O) groups excluding carboxylic acids is 2. The summed E-state index contributed by atoms with van der Waals surface area (Å²) in [5.41, 5.74) is 0.177. The zero-order chi connectivity index (χ0) is 18.0. The molecule has 1 aliphatic rings. The molecule has 0 bridgehead atoms. The molecule has 130 valence electrons. The third-order valence-corrected chi connectivity index (χ3v) is 5.52. The van der Waals surface area contributed by atoms with Gasteiger partial charge < -0.3 is 4.90 Å². The molecule has 1 saturated carbocycles. The van der Waals surface area contributed by atoms with E-state index in [9.17, 15) is 9.59 Å². The monoisotopic (exact) mass is 375 g/mol. The van der Waals surface area contributed by atoms with Crippen molar-refractivity contribution < 1.29 is 9.59 Å². The number of carbonyl (C=O) groups is 2. The van der Waals surface area contributed by atoms with Gasteiger partial charge in [0, 0.05) is 34.6 Å². The number of hydrogen-bond donors (Lipinski definition) is 0. The van der Waals surface area contributed by atoms with Crippen LogP contribution in [0.25, 0.3) is 0 Å². The molecule has 0 aliphatic heterocycles. The van der Waals surface area contributed by atoms with Gasteiger partial charge in [0.15, 0.2) is 5.78 Å². The SMILES string of the molecule is CN(C(=O)c1ccc(Cl)cc1)C1(c2ccccc2Cl)CCCCC1=O. The number of benzene rings is 2. The third kappa shape index (κ3) is 3.19. The minimum absolute atomic E-state index is 0.0386. The Hall–Kier alpha value is -1.84. The first-order valence-corrected chi connectivity index (χ1v) is 9.04. The van der Waals surface area contributed by atoms with Gasteiger partial charge in [-0.3, -0.25) is 9.59 Å². The van der Waals surface area contributed by atoms with Crippen molar-refractivity contribution in [1.29, 1.82) is 0 Å². The van der Waals surface area contributed by atoms with Gasteiger partial charge in [-0.2, -0.15) is 0 Å². The normalized spacial score (nSPS) is 20.4. The second kappa shape index (κ2) is 7.19. The summed E-state index contributed by atoms with van der Waals surface area (Å²) in [4.78, 5) is 27.7. The molecule has 1 fully saturated rings. The molecular weight excluding hydrogens is 357 g/mol. The van der Waals surface area contributed by atoms with Crippen LogP contribution in [0.1, 0.15) is 41.6 Å². The molecular formula is C20H19Cl2NO2.